The summed E-state index contributed by atoms with van der Waals surface area (Å²) in [6.07, 6.45) is 0. The van der Waals surface area contributed by atoms with E-state index < -0.39 is 10.0 Å². The lowest BCUT2D eigenvalue weighted by molar-refractivity contribution is 0.171. The van der Waals surface area contributed by atoms with Crippen molar-refractivity contribution >= 4 is 26.6 Å². The van der Waals surface area contributed by atoms with Gasteiger partial charge in [0.1, 0.15) is 19.0 Å². The van der Waals surface area contributed by atoms with E-state index in [0.717, 1.165) is 0 Å². The summed E-state index contributed by atoms with van der Waals surface area (Å²) in [7, 11) is -3.86. The first-order chi connectivity index (χ1) is 15.8. The molecule has 0 atom stereocenters. The van der Waals surface area contributed by atoms with Gasteiger partial charge in [0.25, 0.3) is 15.6 Å². The van der Waals surface area contributed by atoms with Gasteiger partial charge in [-0.2, -0.15) is 0 Å². The predicted molar refractivity (Wildman–Crippen MR) is 125 cm³/mol. The molecule has 0 saturated carbocycles. The van der Waals surface area contributed by atoms with E-state index in [0.29, 0.717) is 58.4 Å². The van der Waals surface area contributed by atoms with E-state index >= 15 is 0 Å². The van der Waals surface area contributed by atoms with Gasteiger partial charge in [-0.15, -0.1) is 0 Å². The molecule has 5 rings (SSSR count). The zero-order valence-electron chi connectivity index (χ0n) is 18.0. The van der Waals surface area contributed by atoms with Crippen LogP contribution in [0.1, 0.15) is 11.4 Å². The molecule has 3 aromatic carbocycles. The van der Waals surface area contributed by atoms with Crippen molar-refractivity contribution in [3.63, 3.8) is 0 Å². The maximum atomic E-state index is 13.1. The smallest absolute Gasteiger partial charge is 0.265 e. The van der Waals surface area contributed by atoms with Gasteiger partial charge in [0, 0.05) is 6.07 Å². The number of rotatable bonds is 4. The highest BCUT2D eigenvalue weighted by Gasteiger charge is 2.20. The first-order valence-electron chi connectivity index (χ1n) is 10.4. The summed E-state index contributed by atoms with van der Waals surface area (Å²) in [5, 5.41) is 0.518. The lowest BCUT2D eigenvalue weighted by atomic mass is 10.1. The van der Waals surface area contributed by atoms with Crippen LogP contribution in [0.15, 0.2) is 70.4 Å². The maximum absolute atomic E-state index is 13.1. The molecule has 0 fully saturated rings. The molecule has 8 nitrogen and oxygen atoms in total. The molecule has 1 N–H and O–H groups in total. The van der Waals surface area contributed by atoms with Crippen LogP contribution in [-0.4, -0.2) is 31.2 Å². The van der Waals surface area contributed by atoms with E-state index in [2.05, 4.69) is 9.71 Å². The van der Waals surface area contributed by atoms with Gasteiger partial charge in [0.2, 0.25) is 0 Å². The highest BCUT2D eigenvalue weighted by molar-refractivity contribution is 7.92. The molecular weight excluding hydrogens is 442 g/mol. The lowest BCUT2D eigenvalue weighted by Crippen LogP contribution is -2.22. The quantitative estimate of drug-likeness (QED) is 0.497. The molecule has 4 aromatic rings. The van der Waals surface area contributed by atoms with Gasteiger partial charge in [0.15, 0.2) is 11.5 Å². The van der Waals surface area contributed by atoms with Gasteiger partial charge in [0.05, 0.1) is 27.2 Å². The highest BCUT2D eigenvalue weighted by Crippen LogP contribution is 2.33. The molecule has 0 bridgehead atoms. The lowest BCUT2D eigenvalue weighted by Gasteiger charge is -2.19. The Morgan fingerprint density at radius 3 is 2.48 bits per heavy atom. The second kappa shape index (κ2) is 7.93. The fraction of sp³-hybridized carbons (Fsp3) is 0.167. The highest BCUT2D eigenvalue weighted by atomic mass is 32.2. The second-order valence-electron chi connectivity index (χ2n) is 7.73. The van der Waals surface area contributed by atoms with E-state index in [-0.39, 0.29) is 10.5 Å². The van der Waals surface area contributed by atoms with Crippen molar-refractivity contribution in [3.05, 3.63) is 82.4 Å². The molecule has 0 aliphatic carbocycles. The number of sulfonamides is 1. The fourth-order valence-electron chi connectivity index (χ4n) is 3.84. The van der Waals surface area contributed by atoms with E-state index in [9.17, 15) is 13.2 Å². The second-order valence-corrected chi connectivity index (χ2v) is 9.41. The van der Waals surface area contributed by atoms with Crippen LogP contribution < -0.4 is 19.8 Å². The number of anilines is 1. The van der Waals surface area contributed by atoms with Crippen LogP contribution in [0.2, 0.25) is 0 Å². The first kappa shape index (κ1) is 21.0. The van der Waals surface area contributed by atoms with Crippen LogP contribution in [-0.2, 0) is 10.0 Å². The van der Waals surface area contributed by atoms with Crippen molar-refractivity contribution in [2.24, 2.45) is 0 Å². The van der Waals surface area contributed by atoms with Gasteiger partial charge in [-0.05, 0) is 61.9 Å². The summed E-state index contributed by atoms with van der Waals surface area (Å²) in [6, 6.07) is 16.8. The summed E-state index contributed by atoms with van der Waals surface area (Å²) in [4.78, 5) is 17.7. The third-order valence-electron chi connectivity index (χ3n) is 5.48. The minimum atomic E-state index is -3.86. The molecule has 0 amide bonds. The molecule has 2 heterocycles. The van der Waals surface area contributed by atoms with Gasteiger partial charge in [-0.1, -0.05) is 12.1 Å². The molecular formula is C24H21N3O5S. The molecule has 1 aliphatic heterocycles. The number of nitrogens with zero attached hydrogens (tertiary/aromatic N) is 2. The Morgan fingerprint density at radius 1 is 0.939 bits per heavy atom. The number of nitrogens with one attached hydrogen (secondary N) is 1. The SMILES string of the molecule is Cc1cc(-n2c(C)nc3ccccc3c2=O)ccc1NS(=O)(=O)c1ccc2c(c1)OCCO2. The van der Waals surface area contributed by atoms with Crippen molar-refractivity contribution in [2.75, 3.05) is 17.9 Å². The molecule has 1 aliphatic rings. The standard InChI is InChI=1S/C24H21N3O5S/c1-15-13-17(27-16(2)25-21-6-4-3-5-19(21)24(27)28)7-9-20(15)26-33(29,30)18-8-10-22-23(14-18)32-12-11-31-22/h3-10,13-14,26H,11-12H2,1-2H3. The molecule has 0 spiro atoms. The number of benzene rings is 3. The van der Waals surface area contributed by atoms with Crippen molar-refractivity contribution in [1.29, 1.82) is 0 Å². The summed E-state index contributed by atoms with van der Waals surface area (Å²) in [5.74, 6) is 1.46. The third-order valence-corrected chi connectivity index (χ3v) is 6.84. The van der Waals surface area contributed by atoms with Gasteiger partial charge in [-0.25, -0.2) is 13.4 Å². The van der Waals surface area contributed by atoms with E-state index in [4.69, 9.17) is 9.47 Å². The largest absolute Gasteiger partial charge is 0.486 e. The number of hydrogen-bond donors (Lipinski definition) is 1. The van der Waals surface area contributed by atoms with Crippen LogP contribution in [0.25, 0.3) is 16.6 Å². The summed E-state index contributed by atoms with van der Waals surface area (Å²) in [6.45, 7) is 4.34. The number of aryl methyl sites for hydroxylation is 2. The zero-order valence-corrected chi connectivity index (χ0v) is 18.8. The number of aromatic nitrogens is 2. The topological polar surface area (TPSA) is 99.5 Å². The Kier molecular flexibility index (Phi) is 5.05. The Bertz CT molecular complexity index is 1560. The number of fused-ring (bicyclic) bond motifs is 2. The Morgan fingerprint density at radius 2 is 1.70 bits per heavy atom. The first-order valence-corrected chi connectivity index (χ1v) is 11.8. The molecule has 1 aromatic heterocycles. The van der Waals surface area contributed by atoms with Crippen molar-refractivity contribution < 1.29 is 17.9 Å². The maximum Gasteiger partial charge on any atom is 0.265 e. The Balaban J connectivity index is 1.49. The van der Waals surface area contributed by atoms with Crippen molar-refractivity contribution in [2.45, 2.75) is 18.7 Å². The van der Waals surface area contributed by atoms with Crippen LogP contribution in [0.4, 0.5) is 5.69 Å². The fourth-order valence-corrected chi connectivity index (χ4v) is 4.99. The normalized spacial score (nSPS) is 13.2. The minimum absolute atomic E-state index is 0.0704. The summed E-state index contributed by atoms with van der Waals surface area (Å²) >= 11 is 0. The number of para-hydroxylation sites is 1. The molecule has 168 valence electrons. The Labute approximate surface area is 190 Å². The van der Waals surface area contributed by atoms with E-state index in [1.54, 1.807) is 56.3 Å². The average Bonchev–Trinajstić information content (AvgIpc) is 2.80. The van der Waals surface area contributed by atoms with Crippen LogP contribution >= 0.6 is 0 Å². The molecule has 0 unspecified atom stereocenters. The summed E-state index contributed by atoms with van der Waals surface area (Å²) in [5.41, 5.74) is 2.13. The monoisotopic (exact) mass is 463 g/mol. The summed E-state index contributed by atoms with van der Waals surface area (Å²) < 4.78 is 41.0. The van der Waals surface area contributed by atoms with Crippen LogP contribution in [0.3, 0.4) is 0 Å². The number of hydrogen-bond acceptors (Lipinski definition) is 6. The third kappa shape index (κ3) is 3.80. The Hall–Kier alpha value is -3.85. The van der Waals surface area contributed by atoms with E-state index in [1.807, 2.05) is 6.07 Å². The molecule has 0 saturated heterocycles. The number of ether oxygens (including phenoxy) is 2. The molecule has 9 heteroatoms. The predicted octanol–water partition coefficient (Wildman–Crippen LogP) is 3.57. The van der Waals surface area contributed by atoms with E-state index in [1.165, 1.54) is 16.7 Å². The zero-order chi connectivity index (χ0) is 23.2. The average molecular weight is 464 g/mol. The van der Waals surface area contributed by atoms with Crippen molar-refractivity contribution in [1.82, 2.24) is 9.55 Å². The molecule has 0 radical (unpaired) electrons. The van der Waals surface area contributed by atoms with Crippen molar-refractivity contribution in [3.8, 4) is 17.2 Å². The van der Waals surface area contributed by atoms with Gasteiger partial charge in [-0.3, -0.25) is 14.1 Å². The molecule has 33 heavy (non-hydrogen) atoms. The van der Waals surface area contributed by atoms with Gasteiger partial charge < -0.3 is 9.47 Å². The van der Waals surface area contributed by atoms with Gasteiger partial charge >= 0.3 is 0 Å². The minimum Gasteiger partial charge on any atom is -0.486 e. The van der Waals surface area contributed by atoms with Crippen LogP contribution in [0.5, 0.6) is 11.5 Å². The van der Waals surface area contributed by atoms with Crippen LogP contribution in [0, 0.1) is 13.8 Å².